The molecule has 1 aliphatic heterocycles. The van der Waals surface area contributed by atoms with Gasteiger partial charge in [-0.3, -0.25) is 4.18 Å². The fourth-order valence-electron chi connectivity index (χ4n) is 3.83. The molecule has 1 fully saturated rings. The molecule has 0 spiro atoms. The molecule has 2 atom stereocenters. The minimum Gasteiger partial charge on any atom is -0.303 e. The highest BCUT2D eigenvalue weighted by Gasteiger charge is 2.31. The maximum atomic E-state index is 12.5. The second kappa shape index (κ2) is 9.49. The first-order chi connectivity index (χ1) is 13.1. The average molecular weight is 388 g/mol. The molecule has 1 aliphatic rings. The summed E-state index contributed by atoms with van der Waals surface area (Å²) in [4.78, 5) is 2.67. The second-order valence-electron chi connectivity index (χ2n) is 7.27. The molecule has 0 unspecified atom stereocenters. The molecule has 27 heavy (non-hydrogen) atoms. The third-order valence-corrected chi connectivity index (χ3v) is 6.64. The van der Waals surface area contributed by atoms with Gasteiger partial charge in [-0.1, -0.05) is 61.9 Å². The van der Waals surface area contributed by atoms with Gasteiger partial charge < -0.3 is 4.90 Å². The standard InChI is InChI=1S/C22H29NO3S/c1-2-3-15-23-16-14-22(19-10-6-4-7-11-19)20(17-23)18-26-27(24,25)21-12-8-5-9-13-21/h4-13,20,22H,2-3,14-18H2,1H3/t20-,22-/m0/s1. The molecule has 1 heterocycles. The van der Waals surface area contributed by atoms with Gasteiger partial charge in [0.2, 0.25) is 0 Å². The third kappa shape index (κ3) is 5.41. The van der Waals surface area contributed by atoms with E-state index in [0.29, 0.717) is 5.92 Å². The van der Waals surface area contributed by atoms with E-state index in [1.165, 1.54) is 18.4 Å². The molecule has 5 heteroatoms. The van der Waals surface area contributed by atoms with Crippen molar-refractivity contribution >= 4 is 10.1 Å². The predicted octanol–water partition coefficient (Wildman–Crippen LogP) is 4.30. The van der Waals surface area contributed by atoms with E-state index in [4.69, 9.17) is 4.18 Å². The number of likely N-dealkylation sites (tertiary alicyclic amines) is 1. The van der Waals surface area contributed by atoms with Crippen molar-refractivity contribution in [2.24, 2.45) is 5.92 Å². The second-order valence-corrected chi connectivity index (χ2v) is 8.89. The molecule has 146 valence electrons. The highest BCUT2D eigenvalue weighted by molar-refractivity contribution is 7.86. The van der Waals surface area contributed by atoms with Gasteiger partial charge in [-0.15, -0.1) is 0 Å². The summed E-state index contributed by atoms with van der Waals surface area (Å²) in [5, 5.41) is 0. The van der Waals surface area contributed by atoms with Crippen molar-refractivity contribution in [3.05, 3.63) is 66.2 Å². The lowest BCUT2D eigenvalue weighted by Crippen LogP contribution is -2.42. The minimum absolute atomic E-state index is 0.163. The maximum Gasteiger partial charge on any atom is 0.296 e. The number of piperidine rings is 1. The molecule has 0 amide bonds. The summed E-state index contributed by atoms with van der Waals surface area (Å²) >= 11 is 0. The molecule has 3 rings (SSSR count). The largest absolute Gasteiger partial charge is 0.303 e. The molecule has 0 bridgehead atoms. The Hall–Kier alpha value is -1.69. The molecule has 0 saturated carbocycles. The third-order valence-electron chi connectivity index (χ3n) is 5.34. The van der Waals surface area contributed by atoms with Crippen LogP contribution in [0.3, 0.4) is 0 Å². The van der Waals surface area contributed by atoms with Crippen molar-refractivity contribution in [3.8, 4) is 0 Å². The van der Waals surface area contributed by atoms with Crippen molar-refractivity contribution in [2.75, 3.05) is 26.2 Å². The molecule has 0 aromatic heterocycles. The van der Waals surface area contributed by atoms with Crippen LogP contribution < -0.4 is 0 Å². The van der Waals surface area contributed by atoms with E-state index >= 15 is 0 Å². The first-order valence-corrected chi connectivity index (χ1v) is 11.2. The normalized spacial score (nSPS) is 21.2. The number of benzene rings is 2. The highest BCUT2D eigenvalue weighted by atomic mass is 32.2. The summed E-state index contributed by atoms with van der Waals surface area (Å²) < 4.78 is 30.6. The van der Waals surface area contributed by atoms with Gasteiger partial charge in [0.15, 0.2) is 0 Å². The Morgan fingerprint density at radius 1 is 1.04 bits per heavy atom. The van der Waals surface area contributed by atoms with Gasteiger partial charge in [-0.25, -0.2) is 0 Å². The van der Waals surface area contributed by atoms with Crippen LogP contribution in [0.5, 0.6) is 0 Å². The van der Waals surface area contributed by atoms with Gasteiger partial charge in [0, 0.05) is 12.5 Å². The maximum absolute atomic E-state index is 12.5. The number of unbranched alkanes of at least 4 members (excludes halogenated alkanes) is 1. The first kappa shape index (κ1) is 20.1. The van der Waals surface area contributed by atoms with Gasteiger partial charge in [0.1, 0.15) is 0 Å². The fraction of sp³-hybridized carbons (Fsp3) is 0.455. The summed E-state index contributed by atoms with van der Waals surface area (Å²) in [6.07, 6.45) is 3.38. The monoisotopic (exact) mass is 387 g/mol. The molecule has 0 radical (unpaired) electrons. The number of nitrogens with zero attached hydrogens (tertiary/aromatic N) is 1. The van der Waals surface area contributed by atoms with Crippen LogP contribution >= 0.6 is 0 Å². The van der Waals surface area contributed by atoms with E-state index in [0.717, 1.165) is 26.1 Å². The SMILES string of the molecule is CCCCN1CC[C@@H](c2ccccc2)[C@H](COS(=O)(=O)c2ccccc2)C1. The van der Waals surface area contributed by atoms with E-state index in [-0.39, 0.29) is 17.4 Å². The van der Waals surface area contributed by atoms with E-state index < -0.39 is 10.1 Å². The van der Waals surface area contributed by atoms with Crippen LogP contribution in [0.1, 0.15) is 37.7 Å². The lowest BCUT2D eigenvalue weighted by Gasteiger charge is -2.38. The van der Waals surface area contributed by atoms with Gasteiger partial charge in [0.05, 0.1) is 11.5 Å². The molecular formula is C22H29NO3S. The van der Waals surface area contributed by atoms with Crippen molar-refractivity contribution in [1.29, 1.82) is 0 Å². The molecule has 4 nitrogen and oxygen atoms in total. The summed E-state index contributed by atoms with van der Waals surface area (Å²) in [6.45, 7) is 5.43. The number of hydrogen-bond donors (Lipinski definition) is 0. The van der Waals surface area contributed by atoms with Gasteiger partial charge in [-0.05, 0) is 49.5 Å². The summed E-state index contributed by atoms with van der Waals surface area (Å²) in [5.74, 6) is 0.492. The zero-order chi connectivity index (χ0) is 19.1. The van der Waals surface area contributed by atoms with Crippen molar-refractivity contribution < 1.29 is 12.6 Å². The molecule has 2 aromatic rings. The zero-order valence-corrected chi connectivity index (χ0v) is 16.8. The quantitative estimate of drug-likeness (QED) is 0.634. The number of rotatable bonds is 8. The molecule has 0 N–H and O–H groups in total. The topological polar surface area (TPSA) is 46.6 Å². The van der Waals surface area contributed by atoms with Crippen molar-refractivity contribution in [2.45, 2.75) is 37.0 Å². The van der Waals surface area contributed by atoms with Crippen LogP contribution in [0.2, 0.25) is 0 Å². The minimum atomic E-state index is -3.72. The molecule has 0 aliphatic carbocycles. The van der Waals surface area contributed by atoms with Crippen molar-refractivity contribution in [3.63, 3.8) is 0 Å². The fourth-order valence-corrected chi connectivity index (χ4v) is 4.81. The van der Waals surface area contributed by atoms with Crippen LogP contribution in [0.15, 0.2) is 65.6 Å². The Bertz CT molecular complexity index is 793. The van der Waals surface area contributed by atoms with Crippen molar-refractivity contribution in [1.82, 2.24) is 4.90 Å². The van der Waals surface area contributed by atoms with E-state index in [2.05, 4.69) is 36.1 Å². The summed E-state index contributed by atoms with van der Waals surface area (Å²) in [6, 6.07) is 18.8. The Morgan fingerprint density at radius 2 is 1.70 bits per heavy atom. The zero-order valence-electron chi connectivity index (χ0n) is 16.0. The predicted molar refractivity (Wildman–Crippen MR) is 108 cm³/mol. The smallest absolute Gasteiger partial charge is 0.296 e. The Kier molecular flexibility index (Phi) is 7.05. The molecule has 2 aromatic carbocycles. The van der Waals surface area contributed by atoms with Gasteiger partial charge in [-0.2, -0.15) is 8.42 Å². The lowest BCUT2D eigenvalue weighted by atomic mass is 9.81. The number of hydrogen-bond acceptors (Lipinski definition) is 4. The van der Waals surface area contributed by atoms with E-state index in [1.807, 2.05) is 6.07 Å². The van der Waals surface area contributed by atoms with Gasteiger partial charge in [0.25, 0.3) is 10.1 Å². The van der Waals surface area contributed by atoms with Crippen LogP contribution in [0, 0.1) is 5.92 Å². The highest BCUT2D eigenvalue weighted by Crippen LogP contribution is 2.34. The van der Waals surface area contributed by atoms with Crippen LogP contribution in [-0.4, -0.2) is 39.6 Å². The van der Waals surface area contributed by atoms with Crippen LogP contribution in [-0.2, 0) is 14.3 Å². The van der Waals surface area contributed by atoms with Crippen LogP contribution in [0.4, 0.5) is 0 Å². The van der Waals surface area contributed by atoms with Gasteiger partial charge >= 0.3 is 0 Å². The Labute approximate surface area is 163 Å². The summed E-state index contributed by atoms with van der Waals surface area (Å²) in [7, 11) is -3.72. The molecule has 1 saturated heterocycles. The van der Waals surface area contributed by atoms with Crippen LogP contribution in [0.25, 0.3) is 0 Å². The van der Waals surface area contributed by atoms with E-state index in [1.54, 1.807) is 30.3 Å². The lowest BCUT2D eigenvalue weighted by molar-refractivity contribution is 0.112. The molecular weight excluding hydrogens is 358 g/mol. The average Bonchev–Trinajstić information content (AvgIpc) is 2.72. The van der Waals surface area contributed by atoms with E-state index in [9.17, 15) is 8.42 Å². The Morgan fingerprint density at radius 3 is 2.37 bits per heavy atom. The first-order valence-electron chi connectivity index (χ1n) is 9.82. The summed E-state index contributed by atoms with van der Waals surface area (Å²) in [5.41, 5.74) is 1.28. The Balaban J connectivity index is 1.72.